The second-order valence-corrected chi connectivity index (χ2v) is 6.04. The summed E-state index contributed by atoms with van der Waals surface area (Å²) < 4.78 is 6.74. The van der Waals surface area contributed by atoms with Crippen LogP contribution < -0.4 is 5.73 Å². The van der Waals surface area contributed by atoms with Gasteiger partial charge in [-0.25, -0.2) is 0 Å². The first-order valence-electron chi connectivity index (χ1n) is 4.96. The van der Waals surface area contributed by atoms with E-state index in [1.165, 1.54) is 11.3 Å². The molecule has 2 heterocycles. The van der Waals surface area contributed by atoms with E-state index in [9.17, 15) is 0 Å². The smallest absolute Gasteiger partial charge is 0.0991 e. The minimum absolute atomic E-state index is 0.00912. The average molecular weight is 266 g/mol. The highest BCUT2D eigenvalue weighted by molar-refractivity contribution is 7.20. The molecule has 84 valence electrons. The van der Waals surface area contributed by atoms with E-state index < -0.39 is 0 Å². The van der Waals surface area contributed by atoms with E-state index in [-0.39, 0.29) is 6.04 Å². The summed E-state index contributed by atoms with van der Waals surface area (Å²) in [4.78, 5) is 0. The summed E-state index contributed by atoms with van der Waals surface area (Å²) in [5, 5.41) is 0. The molecule has 15 heavy (non-hydrogen) atoms. The second kappa shape index (κ2) is 5.02. The lowest BCUT2D eigenvalue weighted by molar-refractivity contribution is 0.0584. The summed E-state index contributed by atoms with van der Waals surface area (Å²) >= 11 is 13.4. The zero-order valence-electron chi connectivity index (χ0n) is 8.21. The van der Waals surface area contributed by atoms with Gasteiger partial charge in [0.1, 0.15) is 0 Å². The minimum atomic E-state index is -0.00912. The summed E-state index contributed by atoms with van der Waals surface area (Å²) in [6.45, 7) is 1.60. The van der Waals surface area contributed by atoms with E-state index in [2.05, 4.69) is 0 Å². The molecule has 0 spiro atoms. The Morgan fingerprint density at radius 2 is 2.07 bits per heavy atom. The molecular weight excluding hydrogens is 253 g/mol. The maximum Gasteiger partial charge on any atom is 0.0991 e. The van der Waals surface area contributed by atoms with Crippen LogP contribution in [0.5, 0.6) is 0 Å². The summed E-state index contributed by atoms with van der Waals surface area (Å²) in [6, 6.07) is 1.87. The summed E-state index contributed by atoms with van der Waals surface area (Å²) in [6.07, 6.45) is 2.01. The van der Waals surface area contributed by atoms with Gasteiger partial charge in [-0.2, -0.15) is 0 Å². The first kappa shape index (κ1) is 11.7. The topological polar surface area (TPSA) is 35.2 Å². The van der Waals surface area contributed by atoms with Gasteiger partial charge < -0.3 is 10.5 Å². The third-order valence-electron chi connectivity index (χ3n) is 2.82. The van der Waals surface area contributed by atoms with E-state index in [4.69, 9.17) is 33.7 Å². The highest BCUT2D eigenvalue weighted by Gasteiger charge is 2.25. The van der Waals surface area contributed by atoms with E-state index >= 15 is 0 Å². The van der Waals surface area contributed by atoms with E-state index in [1.807, 2.05) is 6.07 Å². The average Bonchev–Trinajstić information content (AvgIpc) is 2.58. The first-order valence-corrected chi connectivity index (χ1v) is 6.54. The molecule has 1 atom stereocenters. The van der Waals surface area contributed by atoms with Crippen LogP contribution in [-0.4, -0.2) is 13.2 Å². The number of hydrogen-bond acceptors (Lipinski definition) is 3. The second-order valence-electron chi connectivity index (χ2n) is 3.76. The van der Waals surface area contributed by atoms with E-state index in [1.54, 1.807) is 0 Å². The molecule has 1 aromatic heterocycles. The number of halogens is 2. The Balaban J connectivity index is 2.12. The van der Waals surface area contributed by atoms with Crippen LogP contribution >= 0.6 is 34.5 Å². The van der Waals surface area contributed by atoms with Crippen molar-refractivity contribution in [3.63, 3.8) is 0 Å². The molecule has 0 radical (unpaired) electrons. The van der Waals surface area contributed by atoms with Crippen LogP contribution in [0, 0.1) is 5.92 Å². The van der Waals surface area contributed by atoms with Crippen molar-refractivity contribution in [2.75, 3.05) is 13.2 Å². The number of rotatable bonds is 2. The maximum absolute atomic E-state index is 6.19. The predicted octanol–water partition coefficient (Wildman–Crippen LogP) is 3.48. The van der Waals surface area contributed by atoms with Crippen molar-refractivity contribution in [2.24, 2.45) is 11.7 Å². The largest absolute Gasteiger partial charge is 0.381 e. The molecule has 0 saturated carbocycles. The zero-order valence-corrected chi connectivity index (χ0v) is 10.5. The van der Waals surface area contributed by atoms with Crippen molar-refractivity contribution in [1.82, 2.24) is 0 Å². The van der Waals surface area contributed by atoms with Crippen molar-refractivity contribution in [2.45, 2.75) is 18.9 Å². The third-order valence-corrected chi connectivity index (χ3v) is 4.33. The van der Waals surface area contributed by atoms with Crippen molar-refractivity contribution in [1.29, 1.82) is 0 Å². The predicted molar refractivity (Wildman–Crippen MR) is 64.8 cm³/mol. The first-order chi connectivity index (χ1) is 7.18. The Labute approximate surface area is 103 Å². The van der Waals surface area contributed by atoms with Crippen LogP contribution in [0.1, 0.15) is 24.4 Å². The number of nitrogens with two attached hydrogens (primary N) is 1. The molecule has 1 aliphatic rings. The lowest BCUT2D eigenvalue weighted by atomic mass is 9.89. The highest BCUT2D eigenvalue weighted by Crippen LogP contribution is 2.38. The Morgan fingerprint density at radius 3 is 2.60 bits per heavy atom. The fourth-order valence-corrected chi connectivity index (χ4v) is 3.48. The van der Waals surface area contributed by atoms with Crippen molar-refractivity contribution < 1.29 is 4.74 Å². The van der Waals surface area contributed by atoms with Crippen molar-refractivity contribution in [3.8, 4) is 0 Å². The molecule has 1 saturated heterocycles. The Bertz CT molecular complexity index is 336. The van der Waals surface area contributed by atoms with Gasteiger partial charge in [0.2, 0.25) is 0 Å². The monoisotopic (exact) mass is 265 g/mol. The summed E-state index contributed by atoms with van der Waals surface area (Å²) in [7, 11) is 0. The molecule has 5 heteroatoms. The van der Waals surface area contributed by atoms with E-state index in [0.717, 1.165) is 36.0 Å². The minimum Gasteiger partial charge on any atom is -0.381 e. The SMILES string of the molecule is NC(c1cc(Cl)sc1Cl)C1CCOCC1. The molecule has 1 unspecified atom stereocenters. The standard InChI is InChI=1S/C10H13Cl2NOS/c11-8-5-7(10(12)15-8)9(13)6-1-3-14-4-2-6/h5-6,9H,1-4,13H2. The lowest BCUT2D eigenvalue weighted by Crippen LogP contribution is -2.27. The van der Waals surface area contributed by atoms with Crippen LogP contribution in [0.25, 0.3) is 0 Å². The third kappa shape index (κ3) is 2.66. The lowest BCUT2D eigenvalue weighted by Gasteiger charge is -2.27. The molecule has 2 nitrogen and oxygen atoms in total. The Morgan fingerprint density at radius 1 is 1.40 bits per heavy atom. The Kier molecular flexibility index (Phi) is 3.91. The molecule has 2 rings (SSSR count). The van der Waals surface area contributed by atoms with Gasteiger partial charge in [-0.3, -0.25) is 0 Å². The van der Waals surface area contributed by atoms with Gasteiger partial charge in [-0.05, 0) is 24.8 Å². The maximum atomic E-state index is 6.19. The van der Waals surface area contributed by atoms with Crippen molar-refractivity contribution >= 4 is 34.5 Å². The van der Waals surface area contributed by atoms with Crippen LogP contribution in [0.4, 0.5) is 0 Å². The normalized spacial score (nSPS) is 20.5. The van der Waals surface area contributed by atoms with Gasteiger partial charge in [0, 0.05) is 24.8 Å². The van der Waals surface area contributed by atoms with Gasteiger partial charge in [0.15, 0.2) is 0 Å². The summed E-state index contributed by atoms with van der Waals surface area (Å²) in [5.41, 5.74) is 7.18. The molecule has 0 amide bonds. The van der Waals surface area contributed by atoms with Crippen LogP contribution in [0.2, 0.25) is 8.67 Å². The molecule has 0 aliphatic carbocycles. The number of ether oxygens (including phenoxy) is 1. The molecular formula is C10H13Cl2NOS. The Hall–Kier alpha value is 0.200. The van der Waals surface area contributed by atoms with Gasteiger partial charge in [-0.15, -0.1) is 11.3 Å². The van der Waals surface area contributed by atoms with Gasteiger partial charge >= 0.3 is 0 Å². The van der Waals surface area contributed by atoms with Gasteiger partial charge in [0.25, 0.3) is 0 Å². The molecule has 0 aromatic carbocycles. The molecule has 1 aromatic rings. The number of thiophene rings is 1. The van der Waals surface area contributed by atoms with Crippen molar-refractivity contribution in [3.05, 3.63) is 20.3 Å². The fraction of sp³-hybridized carbons (Fsp3) is 0.600. The fourth-order valence-electron chi connectivity index (χ4n) is 1.91. The van der Waals surface area contributed by atoms with Crippen LogP contribution in [-0.2, 0) is 4.74 Å². The quantitative estimate of drug-likeness (QED) is 0.889. The molecule has 0 bridgehead atoms. The number of hydrogen-bond donors (Lipinski definition) is 1. The van der Waals surface area contributed by atoms with Gasteiger partial charge in [0.05, 0.1) is 8.67 Å². The van der Waals surface area contributed by atoms with Gasteiger partial charge in [-0.1, -0.05) is 23.2 Å². The highest BCUT2D eigenvalue weighted by atomic mass is 35.5. The summed E-state index contributed by atoms with van der Waals surface area (Å²) in [5.74, 6) is 0.460. The van der Waals surface area contributed by atoms with Crippen LogP contribution in [0.3, 0.4) is 0 Å². The van der Waals surface area contributed by atoms with E-state index in [0.29, 0.717) is 10.3 Å². The molecule has 2 N–H and O–H groups in total. The zero-order chi connectivity index (χ0) is 10.8. The van der Waals surface area contributed by atoms with Crippen LogP contribution in [0.15, 0.2) is 6.07 Å². The molecule has 1 aliphatic heterocycles. The molecule has 1 fully saturated rings.